The van der Waals surface area contributed by atoms with Crippen molar-refractivity contribution in [2.24, 2.45) is 5.73 Å². The van der Waals surface area contributed by atoms with Crippen LogP contribution < -0.4 is 5.73 Å². The highest BCUT2D eigenvalue weighted by molar-refractivity contribution is 6.08. The van der Waals surface area contributed by atoms with Crippen molar-refractivity contribution in [1.82, 2.24) is 0 Å². The molecule has 0 spiro atoms. The molecule has 0 heterocycles. The molecule has 3 N–H and O–H groups in total. The number of ketones is 2. The van der Waals surface area contributed by atoms with Gasteiger partial charge in [-0.25, -0.2) is 0 Å². The largest absolute Gasteiger partial charge is 0.480 e. The van der Waals surface area contributed by atoms with Crippen molar-refractivity contribution in [2.75, 3.05) is 0 Å². The van der Waals surface area contributed by atoms with E-state index in [-0.39, 0.29) is 23.3 Å². The Bertz CT molecular complexity index is 467. The van der Waals surface area contributed by atoms with Crippen molar-refractivity contribution < 1.29 is 19.5 Å². The van der Waals surface area contributed by atoms with Gasteiger partial charge in [0.1, 0.15) is 6.04 Å². The van der Waals surface area contributed by atoms with Gasteiger partial charge in [-0.3, -0.25) is 14.4 Å². The van der Waals surface area contributed by atoms with Crippen molar-refractivity contribution in [3.05, 3.63) is 35.4 Å². The fourth-order valence-corrected chi connectivity index (χ4v) is 1.43. The van der Waals surface area contributed by atoms with Crippen LogP contribution in [-0.2, 0) is 4.79 Å². The molecule has 1 rings (SSSR count). The van der Waals surface area contributed by atoms with Crippen LogP contribution in [0.4, 0.5) is 0 Å². The van der Waals surface area contributed by atoms with Crippen molar-refractivity contribution >= 4 is 17.5 Å². The van der Waals surface area contributed by atoms with Gasteiger partial charge in [-0.15, -0.1) is 0 Å². The lowest BCUT2D eigenvalue weighted by atomic mass is 9.97. The van der Waals surface area contributed by atoms with E-state index in [0.29, 0.717) is 0 Å². The first-order chi connectivity index (χ1) is 7.93. The zero-order valence-corrected chi connectivity index (χ0v) is 9.34. The van der Waals surface area contributed by atoms with E-state index >= 15 is 0 Å². The number of aliphatic carboxylic acids is 1. The molecule has 1 atom stereocenters. The van der Waals surface area contributed by atoms with Gasteiger partial charge in [0.2, 0.25) is 0 Å². The predicted molar refractivity (Wildman–Crippen MR) is 61.0 cm³/mol. The van der Waals surface area contributed by atoms with E-state index in [9.17, 15) is 14.4 Å². The van der Waals surface area contributed by atoms with Crippen LogP contribution in [0.1, 0.15) is 34.1 Å². The minimum atomic E-state index is -1.25. The lowest BCUT2D eigenvalue weighted by molar-refractivity contribution is -0.138. The minimum Gasteiger partial charge on any atom is -0.480 e. The number of hydrogen-bond donors (Lipinski definition) is 2. The van der Waals surface area contributed by atoms with Crippen LogP contribution in [0.3, 0.4) is 0 Å². The predicted octanol–water partition coefficient (Wildman–Crippen LogP) is 0.874. The Kier molecular flexibility index (Phi) is 4.12. The summed E-state index contributed by atoms with van der Waals surface area (Å²) in [5, 5.41) is 8.61. The molecule has 0 aliphatic heterocycles. The second-order valence-corrected chi connectivity index (χ2v) is 3.67. The van der Waals surface area contributed by atoms with Crippen LogP contribution in [0.25, 0.3) is 0 Å². The van der Waals surface area contributed by atoms with Crippen LogP contribution >= 0.6 is 0 Å². The molecule has 1 aromatic carbocycles. The Morgan fingerprint density at radius 1 is 1.24 bits per heavy atom. The molecule has 0 amide bonds. The second-order valence-electron chi connectivity index (χ2n) is 3.67. The molecule has 0 aromatic heterocycles. The van der Waals surface area contributed by atoms with Crippen LogP contribution in [0, 0.1) is 0 Å². The van der Waals surface area contributed by atoms with Crippen LogP contribution in [0.5, 0.6) is 0 Å². The van der Waals surface area contributed by atoms with E-state index in [1.807, 2.05) is 0 Å². The molecule has 0 saturated heterocycles. The van der Waals surface area contributed by atoms with Gasteiger partial charge in [-0.1, -0.05) is 24.3 Å². The Hall–Kier alpha value is -2.01. The van der Waals surface area contributed by atoms with Gasteiger partial charge in [-0.2, -0.15) is 0 Å². The summed E-state index contributed by atoms with van der Waals surface area (Å²) >= 11 is 0. The maximum absolute atomic E-state index is 11.8. The summed E-state index contributed by atoms with van der Waals surface area (Å²) in [7, 11) is 0. The van der Waals surface area contributed by atoms with E-state index < -0.39 is 17.8 Å². The second kappa shape index (κ2) is 5.36. The van der Waals surface area contributed by atoms with Crippen molar-refractivity contribution in [3.63, 3.8) is 0 Å². The van der Waals surface area contributed by atoms with Gasteiger partial charge in [0, 0.05) is 17.5 Å². The standard InChI is InChI=1S/C12H13NO4/c1-7(14)8-4-2-3-5-9(8)11(15)6-10(13)12(16)17/h2-5,10H,6,13H2,1H3,(H,16,17). The van der Waals surface area contributed by atoms with Crippen LogP contribution in [-0.4, -0.2) is 28.7 Å². The van der Waals surface area contributed by atoms with Gasteiger partial charge in [-0.05, 0) is 6.92 Å². The molecule has 0 fully saturated rings. The third-order valence-electron chi connectivity index (χ3n) is 2.33. The topological polar surface area (TPSA) is 97.5 Å². The van der Waals surface area contributed by atoms with Gasteiger partial charge >= 0.3 is 5.97 Å². The quantitative estimate of drug-likeness (QED) is 0.738. The summed E-state index contributed by atoms with van der Waals surface area (Å²) in [6.07, 6.45) is -0.320. The molecular formula is C12H13NO4. The van der Waals surface area contributed by atoms with Crippen molar-refractivity contribution in [1.29, 1.82) is 0 Å². The molecular weight excluding hydrogens is 222 g/mol. The number of benzene rings is 1. The number of Topliss-reactive ketones (excluding diaryl/α,β-unsaturated/α-hetero) is 2. The molecule has 1 unspecified atom stereocenters. The highest BCUT2D eigenvalue weighted by Crippen LogP contribution is 2.12. The highest BCUT2D eigenvalue weighted by Gasteiger charge is 2.20. The van der Waals surface area contributed by atoms with E-state index in [1.54, 1.807) is 12.1 Å². The first kappa shape index (κ1) is 13.1. The van der Waals surface area contributed by atoms with E-state index in [2.05, 4.69) is 0 Å². The molecule has 0 aliphatic rings. The molecule has 1 aromatic rings. The minimum absolute atomic E-state index is 0.219. The summed E-state index contributed by atoms with van der Waals surface area (Å²) in [6.45, 7) is 1.35. The summed E-state index contributed by atoms with van der Waals surface area (Å²) in [5.74, 6) is -1.91. The van der Waals surface area contributed by atoms with Gasteiger partial charge in [0.05, 0.1) is 0 Å². The number of nitrogens with two attached hydrogens (primary N) is 1. The Morgan fingerprint density at radius 3 is 2.24 bits per heavy atom. The molecule has 90 valence electrons. The van der Waals surface area contributed by atoms with E-state index in [1.165, 1.54) is 19.1 Å². The summed E-state index contributed by atoms with van der Waals surface area (Å²) in [4.78, 5) is 33.6. The monoisotopic (exact) mass is 235 g/mol. The van der Waals surface area contributed by atoms with Gasteiger partial charge in [0.25, 0.3) is 0 Å². The highest BCUT2D eigenvalue weighted by atomic mass is 16.4. The molecule has 0 radical (unpaired) electrons. The third kappa shape index (κ3) is 3.22. The number of carboxylic acids is 1. The molecule has 17 heavy (non-hydrogen) atoms. The zero-order valence-electron chi connectivity index (χ0n) is 9.34. The van der Waals surface area contributed by atoms with Crippen LogP contribution in [0.15, 0.2) is 24.3 Å². The molecule has 0 bridgehead atoms. The van der Waals surface area contributed by atoms with Gasteiger partial charge in [0.15, 0.2) is 11.6 Å². The maximum atomic E-state index is 11.8. The summed E-state index contributed by atoms with van der Waals surface area (Å²) < 4.78 is 0. The number of carbonyl (C=O) groups excluding carboxylic acids is 2. The van der Waals surface area contributed by atoms with Crippen LogP contribution in [0.2, 0.25) is 0 Å². The molecule has 0 aliphatic carbocycles. The average Bonchev–Trinajstić information content (AvgIpc) is 2.28. The van der Waals surface area contributed by atoms with E-state index in [4.69, 9.17) is 10.8 Å². The SMILES string of the molecule is CC(=O)c1ccccc1C(=O)CC(N)C(=O)O. The summed E-state index contributed by atoms with van der Waals surface area (Å²) in [5.41, 5.74) is 5.78. The first-order valence-corrected chi connectivity index (χ1v) is 5.05. The average molecular weight is 235 g/mol. The number of carboxylic acid groups (broad SMARTS) is 1. The Morgan fingerprint density at radius 2 is 1.76 bits per heavy atom. The smallest absolute Gasteiger partial charge is 0.320 e. The normalized spacial score (nSPS) is 11.9. The number of rotatable bonds is 5. The number of carbonyl (C=O) groups is 3. The first-order valence-electron chi connectivity index (χ1n) is 5.05. The fraction of sp³-hybridized carbons (Fsp3) is 0.250. The molecule has 5 nitrogen and oxygen atoms in total. The number of hydrogen-bond acceptors (Lipinski definition) is 4. The van der Waals surface area contributed by atoms with Crippen molar-refractivity contribution in [2.45, 2.75) is 19.4 Å². The molecule has 5 heteroatoms. The lowest BCUT2D eigenvalue weighted by Crippen LogP contribution is -2.32. The fourth-order valence-electron chi connectivity index (χ4n) is 1.43. The lowest BCUT2D eigenvalue weighted by Gasteiger charge is -2.08. The van der Waals surface area contributed by atoms with Crippen molar-refractivity contribution in [3.8, 4) is 0 Å². The Labute approximate surface area is 98.2 Å². The Balaban J connectivity index is 2.97. The zero-order chi connectivity index (χ0) is 13.0. The third-order valence-corrected chi connectivity index (χ3v) is 2.33. The molecule has 0 saturated carbocycles. The summed E-state index contributed by atoms with van der Waals surface area (Å²) in [6, 6.07) is 5.04. The van der Waals surface area contributed by atoms with Gasteiger partial charge < -0.3 is 10.8 Å². The maximum Gasteiger partial charge on any atom is 0.320 e. The van der Waals surface area contributed by atoms with E-state index in [0.717, 1.165) is 0 Å².